The first-order valence-electron chi connectivity index (χ1n) is 40.6. The summed E-state index contributed by atoms with van der Waals surface area (Å²) in [7, 11) is -4.49. The van der Waals surface area contributed by atoms with E-state index in [0.29, 0.717) is 0 Å². The third-order valence-corrected chi connectivity index (χ3v) is 21.5. The van der Waals surface area contributed by atoms with Crippen LogP contribution >= 0.6 is 19.3 Å². The molecule has 704 valence electrons. The van der Waals surface area contributed by atoms with Gasteiger partial charge in [-0.25, -0.2) is 28.3 Å². The molecule has 16 atom stereocenters. The number of amidine groups is 3. The monoisotopic (exact) mass is 1850 g/mol. The quantitative estimate of drug-likeness (QED) is 0.00847. The van der Waals surface area contributed by atoms with Crippen LogP contribution in [0.2, 0.25) is 0 Å². The number of nitrogens with zero attached hydrogens (tertiary/aromatic N) is 7. The summed E-state index contributed by atoms with van der Waals surface area (Å²) in [6.45, 7) is 36.7. The SMILES string of the molecule is C=C1NC(=O)C=CN1[C@@H]1O[C@](CF)(COP(=O)(NC(C)C(=O)OC(C)C)Oc2ccc(CN)cc2)[C@@H](O)[C@@]1(C)O.C=C[C@]1(COC(=O)C(C)C)O[C@@H](N2C=CC(N)=NC2=C)C(F)(F)[C@@H]1OC(=O)C(C)C.C=C[C@]1(COC(=O)CC)O[C@@H](N2C=CC(N)=NC2=C)C(F)(F)[C@@H]1OC(=O)CC.[2H]C([2H])(OC(=O)C(C)C)[C@@]1(CCl)O[C@@H](N2C=CC(N)=NC2=C)[C@H](F)[C@@H]1OC(=O)C(C)C. The maximum Gasteiger partial charge on any atom is 0.459 e. The van der Waals surface area contributed by atoms with Gasteiger partial charge in [0.2, 0.25) is 24.7 Å². The van der Waals surface area contributed by atoms with E-state index in [1.807, 2.05) is 0 Å². The topological polar surface area (TPSA) is 492 Å². The van der Waals surface area contributed by atoms with Gasteiger partial charge in [-0.3, -0.25) is 42.9 Å². The Hall–Kier alpha value is -10.5. The van der Waals surface area contributed by atoms with E-state index < -0.39 is 226 Å². The van der Waals surface area contributed by atoms with Crippen molar-refractivity contribution in [1.29, 1.82) is 0 Å². The number of aliphatic hydroxyl groups is 2. The fraction of sp³-hybridized carbons (Fsp3) is 0.549. The second-order valence-corrected chi connectivity index (χ2v) is 33.2. The summed E-state index contributed by atoms with van der Waals surface area (Å²) < 4.78 is 192. The Kier molecular flexibility index (Phi) is 35.0. The van der Waals surface area contributed by atoms with E-state index in [1.165, 1.54) is 127 Å². The Labute approximate surface area is 738 Å². The molecule has 8 heterocycles. The van der Waals surface area contributed by atoms with Crippen LogP contribution < -0.4 is 37.9 Å². The number of carbonyl (C=O) groups is 8. The van der Waals surface area contributed by atoms with Gasteiger partial charge in [0.05, 0.1) is 45.0 Å². The minimum Gasteiger partial charge on any atom is -0.462 e. The molecular weight excluding hydrogens is 1730 g/mol. The molecule has 1 aromatic carbocycles. The van der Waals surface area contributed by atoms with Crippen molar-refractivity contribution in [2.24, 2.45) is 61.6 Å². The molecule has 0 aliphatic carbocycles. The number of nitrogens with two attached hydrogens (primary N) is 4. The number of carbonyl (C=O) groups excluding carboxylic acids is 8. The molecule has 45 heteroatoms. The van der Waals surface area contributed by atoms with Crippen LogP contribution in [0.1, 0.15) is 118 Å². The number of rotatable bonds is 33. The lowest BCUT2D eigenvalue weighted by Gasteiger charge is -2.37. The maximum absolute atomic E-state index is 15.7. The first-order valence-corrected chi connectivity index (χ1v) is 41.7. The minimum absolute atomic E-state index is 0.00893. The number of amides is 1. The van der Waals surface area contributed by atoms with E-state index in [2.05, 4.69) is 64.9 Å². The van der Waals surface area contributed by atoms with Crippen LogP contribution in [0.4, 0.5) is 26.3 Å². The Morgan fingerprint density at radius 1 is 0.646 bits per heavy atom. The number of esters is 7. The van der Waals surface area contributed by atoms with E-state index in [-0.39, 0.29) is 65.9 Å². The van der Waals surface area contributed by atoms with E-state index in [4.69, 9.17) is 98.4 Å². The van der Waals surface area contributed by atoms with Crippen molar-refractivity contribution >= 4 is 84.5 Å². The summed E-state index contributed by atoms with van der Waals surface area (Å²) in [6, 6.07) is 5.03. The molecule has 9 rings (SSSR count). The summed E-state index contributed by atoms with van der Waals surface area (Å²) >= 11 is 6.08. The zero-order valence-electron chi connectivity index (χ0n) is 74.6. The third kappa shape index (κ3) is 24.9. The Balaban J connectivity index is 0.000000268. The van der Waals surface area contributed by atoms with Crippen molar-refractivity contribution in [2.45, 2.75) is 224 Å². The van der Waals surface area contributed by atoms with Crippen LogP contribution in [-0.4, -0.2) is 241 Å². The van der Waals surface area contributed by atoms with Crippen molar-refractivity contribution in [3.8, 4) is 5.75 Å². The highest BCUT2D eigenvalue weighted by Gasteiger charge is 2.72. The summed E-state index contributed by atoms with van der Waals surface area (Å²) in [4.78, 5) is 112. The van der Waals surface area contributed by atoms with Gasteiger partial charge in [-0.1, -0.05) is 133 Å². The predicted molar refractivity (Wildman–Crippen MR) is 447 cm³/mol. The molecule has 8 aliphatic heterocycles. The molecule has 0 spiro atoms. The standard InChI is InChI=1S/C25H36FN4O9P.C20H27F2N3O5.C19H27ClFN3O5.C18H23F2N3O5/c1-15(2)37-21(32)16(3)29-40(35,39-19-8-6-18(12-27)7-9-19)36-14-25(13-26)22(33)24(5,34)23(38-25)30-11-10-20(31)28-17(30)4;1-7-19(10-28-15(26)11(2)3)17(29-16(27)12(4)5)20(21,22)18(30-19)25-9-8-14(23)24-13(25)6;1-10(2)17(25)27-9-19(8-20)15(28-18(26)11(3)4)14(21)16(29-19)24-7-6-13(22)23-12(24)5;1-5-13(24)26-10-17(7-3)15(27-14(25)6-2)18(19,20)16(28-17)23-9-8-12(21)22-11(23)4/h6-11,15-16,22-23,33-34H,4,12-14,27H2,1-3,5H3,(H,28,31)(H,29,35);7-9,11-12,17-18H,1,6,10H2,2-5H3,(H2,23,24);6-7,10-11,14-16H,5,8-9H2,1-4H3,(H2,22,23);7-9,15-16H,3-6,10H2,1-2H3,(H2,21,22)/t16?,22-,23+,24+,25+,40?;17-,18-,19-;14-,15+,16-,19-;15-,16-,17-/m0111/s1/i;;9D2;. The van der Waals surface area contributed by atoms with Crippen LogP contribution in [-0.2, 0) is 106 Å². The summed E-state index contributed by atoms with van der Waals surface area (Å²) in [5.74, 6) is -16.3. The van der Waals surface area contributed by atoms with Gasteiger partial charge in [-0.2, -0.15) is 22.6 Å². The van der Waals surface area contributed by atoms with E-state index in [1.54, 1.807) is 46.8 Å². The molecule has 0 bridgehead atoms. The molecule has 127 heavy (non-hydrogen) atoms. The summed E-state index contributed by atoms with van der Waals surface area (Å²) in [6.07, 6.45) is -5.14. The maximum atomic E-state index is 15.7. The molecule has 12 N–H and O–H groups in total. The highest BCUT2D eigenvalue weighted by molar-refractivity contribution is 7.52. The minimum atomic E-state index is -4.49. The number of benzene rings is 1. The Bertz CT molecular complexity index is 4640. The fourth-order valence-corrected chi connectivity index (χ4v) is 14.1. The van der Waals surface area contributed by atoms with Gasteiger partial charge < -0.3 is 115 Å². The van der Waals surface area contributed by atoms with Crippen LogP contribution in [0.25, 0.3) is 0 Å². The van der Waals surface area contributed by atoms with Crippen molar-refractivity contribution in [3.63, 3.8) is 0 Å². The zero-order valence-corrected chi connectivity index (χ0v) is 74.2. The van der Waals surface area contributed by atoms with Crippen molar-refractivity contribution in [2.75, 3.05) is 38.9 Å². The van der Waals surface area contributed by atoms with E-state index in [9.17, 15) is 57.5 Å². The molecule has 0 radical (unpaired) electrons. The largest absolute Gasteiger partial charge is 0.462 e. The van der Waals surface area contributed by atoms with Crippen LogP contribution in [0.5, 0.6) is 5.75 Å². The first kappa shape index (κ1) is 102. The second kappa shape index (κ2) is 43.6. The summed E-state index contributed by atoms with van der Waals surface area (Å²) in [5.41, 5.74) is 12.4. The van der Waals surface area contributed by atoms with E-state index >= 15 is 22.0 Å². The number of hydrogen-bond acceptors (Lipinski definition) is 35. The number of hydrogen-bond donors (Lipinski definition) is 8. The molecular formula is C82H113ClF6N13O24P. The molecule has 0 aromatic heterocycles. The molecule has 4 saturated heterocycles. The highest BCUT2D eigenvalue weighted by Crippen LogP contribution is 2.53. The van der Waals surface area contributed by atoms with Crippen molar-refractivity contribution in [1.82, 2.24) is 30.0 Å². The average Bonchev–Trinajstić information content (AvgIpc) is 1.60. The van der Waals surface area contributed by atoms with Crippen molar-refractivity contribution in [3.05, 3.63) is 154 Å². The predicted octanol–water partition coefficient (Wildman–Crippen LogP) is 7.42. The number of halogens is 7. The second-order valence-electron chi connectivity index (χ2n) is 31.3. The lowest BCUT2D eigenvalue weighted by molar-refractivity contribution is -0.184. The summed E-state index contributed by atoms with van der Waals surface area (Å²) in [5, 5.41) is 27.0. The van der Waals surface area contributed by atoms with Gasteiger partial charge in [-0.05, 0) is 63.6 Å². The normalized spacial score (nSPS) is 29.0. The first-order chi connectivity index (χ1) is 59.9. The number of aliphatic hydroxyl groups excluding tert-OH is 1. The van der Waals surface area contributed by atoms with Crippen LogP contribution in [0, 0.1) is 23.7 Å². The number of ether oxygens (including phenoxy) is 11. The fourth-order valence-electron chi connectivity index (χ4n) is 12.3. The number of nitrogens with one attached hydrogen (secondary N) is 2. The van der Waals surface area contributed by atoms with Gasteiger partial charge in [0, 0.05) is 50.3 Å². The zero-order chi connectivity index (χ0) is 97.6. The smallest absolute Gasteiger partial charge is 0.459 e. The van der Waals surface area contributed by atoms with Gasteiger partial charge in [0.25, 0.3) is 5.91 Å². The molecule has 37 nitrogen and oxygen atoms in total. The lowest BCUT2D eigenvalue weighted by atomic mass is 9.88. The third-order valence-electron chi connectivity index (χ3n) is 19.5. The van der Waals surface area contributed by atoms with Gasteiger partial charge in [0.15, 0.2) is 47.1 Å². The van der Waals surface area contributed by atoms with Crippen LogP contribution in [0.3, 0.4) is 0 Å². The average molecular weight is 1850 g/mol. The molecule has 1 aromatic rings. The highest BCUT2D eigenvalue weighted by atomic mass is 35.5. The molecule has 4 fully saturated rings. The number of alkyl halides is 7. The van der Waals surface area contributed by atoms with Gasteiger partial charge in [0.1, 0.15) is 90.7 Å². The molecule has 2 unspecified atom stereocenters. The molecule has 8 aliphatic rings. The lowest BCUT2D eigenvalue weighted by Crippen LogP contribution is -2.55. The Morgan fingerprint density at radius 3 is 1.54 bits per heavy atom. The van der Waals surface area contributed by atoms with Crippen LogP contribution in [0.15, 0.2) is 163 Å². The number of aliphatic imine (C=N–C) groups is 3. The van der Waals surface area contributed by atoms with Gasteiger partial charge >= 0.3 is 61.4 Å². The molecule has 0 saturated carbocycles. The Morgan fingerprint density at radius 2 is 1.10 bits per heavy atom. The van der Waals surface area contributed by atoms with Gasteiger partial charge in [-0.15, -0.1) is 11.6 Å². The van der Waals surface area contributed by atoms with E-state index in [0.717, 1.165) is 33.6 Å². The van der Waals surface area contributed by atoms with Crippen molar-refractivity contribution < 1.29 is 143 Å². The molecule has 1 amide bonds.